The van der Waals surface area contributed by atoms with Gasteiger partial charge in [-0.05, 0) is 38.5 Å². The van der Waals surface area contributed by atoms with Crippen LogP contribution >= 0.6 is 24.0 Å². The van der Waals surface area contributed by atoms with E-state index in [-0.39, 0.29) is 35.4 Å². The Kier molecular flexibility index (Phi) is 9.52. The van der Waals surface area contributed by atoms with Gasteiger partial charge in [0, 0.05) is 20.2 Å². The van der Waals surface area contributed by atoms with Crippen molar-refractivity contribution in [2.75, 3.05) is 20.2 Å². The fraction of sp³-hybridized carbons (Fsp3) is 0.533. The van der Waals surface area contributed by atoms with Gasteiger partial charge in [-0.1, -0.05) is 12.1 Å². The Balaban J connectivity index is 0.00000400. The average molecular weight is 409 g/mol. The van der Waals surface area contributed by atoms with E-state index in [1.165, 1.54) is 12.1 Å². The fourth-order valence-electron chi connectivity index (χ4n) is 1.52. The standard InChI is InChI=1S/C15H24FN3O.HI/c1-5-17-14(19-11-15(2,3)20-4)18-10-12-7-6-8-13(16)9-12;/h6-9H,5,10-11H2,1-4H3,(H2,17,18,19);1H. The summed E-state index contributed by atoms with van der Waals surface area (Å²) in [6.45, 7) is 7.83. The zero-order valence-electron chi connectivity index (χ0n) is 13.1. The Bertz CT molecular complexity index is 452. The number of guanidine groups is 1. The zero-order chi connectivity index (χ0) is 15.0. The summed E-state index contributed by atoms with van der Waals surface area (Å²) in [5, 5.41) is 6.37. The zero-order valence-corrected chi connectivity index (χ0v) is 15.4. The van der Waals surface area contributed by atoms with Gasteiger partial charge in [-0.15, -0.1) is 24.0 Å². The number of rotatable bonds is 6. The van der Waals surface area contributed by atoms with Crippen LogP contribution in [-0.2, 0) is 11.3 Å². The largest absolute Gasteiger partial charge is 0.377 e. The van der Waals surface area contributed by atoms with Crippen LogP contribution in [0.2, 0.25) is 0 Å². The van der Waals surface area contributed by atoms with E-state index in [0.717, 1.165) is 12.1 Å². The molecule has 0 saturated carbocycles. The Morgan fingerprint density at radius 1 is 1.33 bits per heavy atom. The van der Waals surface area contributed by atoms with Crippen LogP contribution in [0, 0.1) is 5.82 Å². The molecule has 0 aliphatic rings. The van der Waals surface area contributed by atoms with E-state index in [1.807, 2.05) is 26.8 Å². The van der Waals surface area contributed by atoms with Crippen molar-refractivity contribution in [2.45, 2.75) is 32.9 Å². The third-order valence-electron chi connectivity index (χ3n) is 2.89. The first-order chi connectivity index (χ1) is 9.46. The maximum Gasteiger partial charge on any atom is 0.191 e. The molecule has 1 aromatic carbocycles. The topological polar surface area (TPSA) is 45.7 Å². The van der Waals surface area contributed by atoms with Crippen LogP contribution in [0.5, 0.6) is 0 Å². The van der Waals surface area contributed by atoms with Crippen molar-refractivity contribution in [3.05, 3.63) is 35.6 Å². The number of hydrogen-bond acceptors (Lipinski definition) is 2. The second kappa shape index (κ2) is 9.94. The van der Waals surface area contributed by atoms with Crippen LogP contribution < -0.4 is 10.6 Å². The van der Waals surface area contributed by atoms with E-state index in [0.29, 0.717) is 19.0 Å². The minimum Gasteiger partial charge on any atom is -0.377 e. The van der Waals surface area contributed by atoms with E-state index >= 15 is 0 Å². The second-order valence-corrected chi connectivity index (χ2v) is 5.14. The molecule has 0 spiro atoms. The second-order valence-electron chi connectivity index (χ2n) is 5.14. The molecule has 0 fully saturated rings. The summed E-state index contributed by atoms with van der Waals surface area (Å²) in [4.78, 5) is 4.43. The predicted molar refractivity (Wildman–Crippen MR) is 95.7 cm³/mol. The minimum absolute atomic E-state index is 0. The third kappa shape index (κ3) is 8.21. The van der Waals surface area contributed by atoms with Crippen molar-refractivity contribution in [3.63, 3.8) is 0 Å². The molecule has 4 nitrogen and oxygen atoms in total. The molecule has 2 N–H and O–H groups in total. The monoisotopic (exact) mass is 409 g/mol. The number of halogens is 2. The Hall–Kier alpha value is -0.890. The first-order valence-electron chi connectivity index (χ1n) is 6.78. The highest BCUT2D eigenvalue weighted by Gasteiger charge is 2.16. The lowest BCUT2D eigenvalue weighted by atomic mass is 10.1. The lowest BCUT2D eigenvalue weighted by Crippen LogP contribution is -2.45. The van der Waals surface area contributed by atoms with Crippen LogP contribution in [0.4, 0.5) is 4.39 Å². The molecule has 1 rings (SSSR count). The van der Waals surface area contributed by atoms with Gasteiger partial charge in [-0.25, -0.2) is 9.38 Å². The van der Waals surface area contributed by atoms with Crippen molar-refractivity contribution in [3.8, 4) is 0 Å². The van der Waals surface area contributed by atoms with Gasteiger partial charge < -0.3 is 15.4 Å². The number of aliphatic imine (C=N–C) groups is 1. The predicted octanol–water partition coefficient (Wildman–Crippen LogP) is 2.92. The molecular weight excluding hydrogens is 384 g/mol. The summed E-state index contributed by atoms with van der Waals surface area (Å²) < 4.78 is 18.4. The molecular formula is C15H25FIN3O. The highest BCUT2D eigenvalue weighted by Crippen LogP contribution is 2.06. The lowest BCUT2D eigenvalue weighted by molar-refractivity contribution is 0.0268. The number of benzene rings is 1. The fourth-order valence-corrected chi connectivity index (χ4v) is 1.52. The molecule has 0 bridgehead atoms. The van der Waals surface area contributed by atoms with Crippen LogP contribution in [0.1, 0.15) is 26.3 Å². The van der Waals surface area contributed by atoms with E-state index in [2.05, 4.69) is 15.6 Å². The highest BCUT2D eigenvalue weighted by atomic mass is 127. The van der Waals surface area contributed by atoms with E-state index in [4.69, 9.17) is 4.74 Å². The lowest BCUT2D eigenvalue weighted by Gasteiger charge is -2.24. The molecule has 0 saturated heterocycles. The van der Waals surface area contributed by atoms with Gasteiger partial charge in [-0.2, -0.15) is 0 Å². The van der Waals surface area contributed by atoms with Crippen molar-refractivity contribution >= 4 is 29.9 Å². The van der Waals surface area contributed by atoms with Crippen molar-refractivity contribution < 1.29 is 9.13 Å². The SMILES string of the molecule is CCNC(=NCc1cccc(F)c1)NCC(C)(C)OC.I. The number of nitrogens with one attached hydrogen (secondary N) is 2. The van der Waals surface area contributed by atoms with Crippen LogP contribution in [0.15, 0.2) is 29.3 Å². The summed E-state index contributed by atoms with van der Waals surface area (Å²) >= 11 is 0. The third-order valence-corrected chi connectivity index (χ3v) is 2.89. The molecule has 21 heavy (non-hydrogen) atoms. The normalized spacial score (nSPS) is 11.8. The van der Waals surface area contributed by atoms with Gasteiger partial charge in [0.2, 0.25) is 0 Å². The van der Waals surface area contributed by atoms with Gasteiger partial charge in [0.1, 0.15) is 5.82 Å². The molecule has 0 aliphatic carbocycles. The molecule has 0 unspecified atom stereocenters. The van der Waals surface area contributed by atoms with Gasteiger partial charge >= 0.3 is 0 Å². The number of hydrogen-bond donors (Lipinski definition) is 2. The van der Waals surface area contributed by atoms with E-state index in [1.54, 1.807) is 13.2 Å². The van der Waals surface area contributed by atoms with Crippen LogP contribution in [-0.4, -0.2) is 31.8 Å². The number of methoxy groups -OCH3 is 1. The number of nitrogens with zero attached hydrogens (tertiary/aromatic N) is 1. The summed E-state index contributed by atoms with van der Waals surface area (Å²) in [6, 6.07) is 6.47. The summed E-state index contributed by atoms with van der Waals surface area (Å²) in [5.41, 5.74) is 0.572. The smallest absolute Gasteiger partial charge is 0.191 e. The minimum atomic E-state index is -0.269. The van der Waals surface area contributed by atoms with E-state index < -0.39 is 0 Å². The molecule has 0 aliphatic heterocycles. The number of ether oxygens (including phenoxy) is 1. The van der Waals surface area contributed by atoms with Crippen molar-refractivity contribution in [1.82, 2.24) is 10.6 Å². The molecule has 0 amide bonds. The Labute approximate surface area is 143 Å². The maximum absolute atomic E-state index is 13.1. The Morgan fingerprint density at radius 2 is 2.05 bits per heavy atom. The molecule has 6 heteroatoms. The summed E-state index contributed by atoms with van der Waals surface area (Å²) in [7, 11) is 1.68. The molecule has 0 radical (unpaired) electrons. The van der Waals surface area contributed by atoms with Gasteiger partial charge in [0.25, 0.3) is 0 Å². The molecule has 1 aromatic rings. The maximum atomic E-state index is 13.1. The first kappa shape index (κ1) is 20.1. The summed E-state index contributed by atoms with van der Waals surface area (Å²) in [6.07, 6.45) is 0. The van der Waals surface area contributed by atoms with Gasteiger partial charge in [0.05, 0.1) is 12.1 Å². The van der Waals surface area contributed by atoms with Gasteiger partial charge in [-0.3, -0.25) is 0 Å². The van der Waals surface area contributed by atoms with E-state index in [9.17, 15) is 4.39 Å². The quantitative estimate of drug-likeness (QED) is 0.432. The van der Waals surface area contributed by atoms with Crippen molar-refractivity contribution in [1.29, 1.82) is 0 Å². The molecule has 0 atom stereocenters. The van der Waals surface area contributed by atoms with Crippen molar-refractivity contribution in [2.24, 2.45) is 4.99 Å². The highest BCUT2D eigenvalue weighted by molar-refractivity contribution is 14.0. The Morgan fingerprint density at radius 3 is 2.62 bits per heavy atom. The first-order valence-corrected chi connectivity index (χ1v) is 6.78. The molecule has 0 heterocycles. The molecule has 0 aromatic heterocycles. The van der Waals surface area contributed by atoms with Crippen LogP contribution in [0.25, 0.3) is 0 Å². The van der Waals surface area contributed by atoms with Crippen LogP contribution in [0.3, 0.4) is 0 Å². The summed E-state index contributed by atoms with van der Waals surface area (Å²) in [5.74, 6) is 0.457. The van der Waals surface area contributed by atoms with Gasteiger partial charge in [0.15, 0.2) is 5.96 Å². The average Bonchev–Trinajstić information content (AvgIpc) is 2.42. The molecule has 120 valence electrons.